The highest BCUT2D eigenvalue weighted by molar-refractivity contribution is 6.30. The van der Waals surface area contributed by atoms with Crippen molar-refractivity contribution in [1.82, 2.24) is 14.6 Å². The molecule has 1 aromatic carbocycles. The molecule has 3 aromatic rings. The molecular weight excluding hydrogens is 279 g/mol. The molecule has 1 atom stereocenters. The van der Waals surface area contributed by atoms with Gasteiger partial charge < -0.3 is 5.32 Å². The van der Waals surface area contributed by atoms with Gasteiger partial charge in [0.05, 0.1) is 11.1 Å². The van der Waals surface area contributed by atoms with Gasteiger partial charge in [-0.05, 0) is 36.8 Å². The normalized spacial score (nSPS) is 12.6. The van der Waals surface area contributed by atoms with E-state index in [2.05, 4.69) is 15.4 Å². The molecule has 6 heteroatoms. The van der Waals surface area contributed by atoms with Gasteiger partial charge in [-0.2, -0.15) is 4.98 Å². The van der Waals surface area contributed by atoms with Gasteiger partial charge in [0.15, 0.2) is 5.65 Å². The van der Waals surface area contributed by atoms with Crippen LogP contribution in [0.15, 0.2) is 42.6 Å². The minimum Gasteiger partial charge on any atom is -0.346 e. The van der Waals surface area contributed by atoms with E-state index in [4.69, 9.17) is 11.6 Å². The zero-order chi connectivity index (χ0) is 14.1. The summed E-state index contributed by atoms with van der Waals surface area (Å²) in [4.78, 5) is 4.33. The average Bonchev–Trinajstić information content (AvgIpc) is 2.80. The Bertz CT molecular complexity index is 756. The Morgan fingerprint density at radius 2 is 2.15 bits per heavy atom. The topological polar surface area (TPSA) is 42.2 Å². The summed E-state index contributed by atoms with van der Waals surface area (Å²) in [5.41, 5.74) is 1.53. The Hall–Kier alpha value is -2.14. The number of benzene rings is 1. The lowest BCUT2D eigenvalue weighted by Gasteiger charge is -2.12. The summed E-state index contributed by atoms with van der Waals surface area (Å²) in [5, 5.41) is 8.01. The minimum absolute atomic E-state index is 0.0985. The van der Waals surface area contributed by atoms with Crippen LogP contribution in [0.5, 0.6) is 0 Å². The molecular formula is C14H12ClFN4. The molecule has 2 heterocycles. The van der Waals surface area contributed by atoms with Crippen molar-refractivity contribution in [2.45, 2.75) is 13.0 Å². The summed E-state index contributed by atoms with van der Waals surface area (Å²) >= 11 is 5.90. The molecule has 0 aliphatic rings. The van der Waals surface area contributed by atoms with Crippen LogP contribution < -0.4 is 5.32 Å². The number of hydrogen-bond acceptors (Lipinski definition) is 3. The van der Waals surface area contributed by atoms with Crippen molar-refractivity contribution >= 4 is 23.2 Å². The maximum absolute atomic E-state index is 13.2. The summed E-state index contributed by atoms with van der Waals surface area (Å²) in [6.45, 7) is 1.92. The molecule has 0 saturated heterocycles. The maximum atomic E-state index is 13.2. The third kappa shape index (κ3) is 2.58. The van der Waals surface area contributed by atoms with Crippen molar-refractivity contribution in [2.24, 2.45) is 0 Å². The second kappa shape index (κ2) is 5.09. The number of hydrogen-bond donors (Lipinski definition) is 1. The van der Waals surface area contributed by atoms with Crippen LogP contribution in [-0.4, -0.2) is 14.6 Å². The zero-order valence-corrected chi connectivity index (χ0v) is 11.5. The summed E-state index contributed by atoms with van der Waals surface area (Å²) in [5.74, 6) is 0.218. The van der Waals surface area contributed by atoms with Crippen LogP contribution in [0.2, 0.25) is 5.02 Å². The summed E-state index contributed by atoms with van der Waals surface area (Å²) in [6, 6.07) is 9.89. The van der Waals surface area contributed by atoms with Gasteiger partial charge in [-0.25, -0.2) is 8.91 Å². The largest absolute Gasteiger partial charge is 0.346 e. The minimum atomic E-state index is -0.258. The van der Waals surface area contributed by atoms with Crippen molar-refractivity contribution in [3.05, 3.63) is 59.0 Å². The van der Waals surface area contributed by atoms with E-state index in [0.717, 1.165) is 5.56 Å². The predicted molar refractivity (Wildman–Crippen MR) is 76.4 cm³/mol. The second-order valence-electron chi connectivity index (χ2n) is 4.51. The number of fused-ring (bicyclic) bond motifs is 1. The molecule has 4 nitrogen and oxygen atoms in total. The number of aromatic nitrogens is 3. The lowest BCUT2D eigenvalue weighted by atomic mass is 10.1. The molecule has 102 valence electrons. The third-order valence-corrected chi connectivity index (χ3v) is 3.21. The fourth-order valence-electron chi connectivity index (χ4n) is 1.97. The highest BCUT2D eigenvalue weighted by Gasteiger charge is 2.10. The lowest BCUT2D eigenvalue weighted by molar-refractivity contribution is 0.623. The van der Waals surface area contributed by atoms with Crippen LogP contribution in [-0.2, 0) is 0 Å². The molecule has 0 amide bonds. The van der Waals surface area contributed by atoms with Gasteiger partial charge in [0.2, 0.25) is 5.95 Å². The van der Waals surface area contributed by atoms with E-state index in [1.165, 1.54) is 12.1 Å². The Morgan fingerprint density at radius 3 is 2.95 bits per heavy atom. The molecule has 0 aliphatic carbocycles. The van der Waals surface area contributed by atoms with E-state index in [9.17, 15) is 4.39 Å². The van der Waals surface area contributed by atoms with E-state index < -0.39 is 0 Å². The first-order valence-corrected chi connectivity index (χ1v) is 6.53. The Kier molecular flexibility index (Phi) is 3.28. The van der Waals surface area contributed by atoms with Crippen molar-refractivity contribution in [2.75, 3.05) is 5.32 Å². The Labute approximate surface area is 120 Å². The predicted octanol–water partition coefficient (Wildman–Crippen LogP) is 3.69. The quantitative estimate of drug-likeness (QED) is 0.800. The molecule has 0 spiro atoms. The fraction of sp³-hybridized carbons (Fsp3) is 0.143. The molecule has 0 saturated carbocycles. The van der Waals surface area contributed by atoms with Gasteiger partial charge in [-0.1, -0.05) is 23.7 Å². The highest BCUT2D eigenvalue weighted by Crippen LogP contribution is 2.19. The number of nitrogens with zero attached hydrogens (tertiary/aromatic N) is 3. The standard InChI is InChI=1S/C14H12ClFN4/c1-9(10-3-2-4-12(16)7-10)17-14-18-13-6-5-11(15)8-20(13)19-14/h2-9H,1H3,(H,17,19). The summed E-state index contributed by atoms with van der Waals surface area (Å²) < 4.78 is 14.8. The third-order valence-electron chi connectivity index (χ3n) is 2.99. The first-order valence-electron chi connectivity index (χ1n) is 6.16. The van der Waals surface area contributed by atoms with Crippen molar-refractivity contribution in [3.8, 4) is 0 Å². The summed E-state index contributed by atoms with van der Waals surface area (Å²) in [6.07, 6.45) is 1.68. The van der Waals surface area contributed by atoms with Crippen LogP contribution >= 0.6 is 11.6 Å². The molecule has 20 heavy (non-hydrogen) atoms. The van der Waals surface area contributed by atoms with E-state index in [1.807, 2.05) is 13.0 Å². The van der Waals surface area contributed by atoms with Gasteiger partial charge in [0.1, 0.15) is 5.82 Å². The molecule has 0 fully saturated rings. The molecule has 0 radical (unpaired) electrons. The maximum Gasteiger partial charge on any atom is 0.243 e. The Morgan fingerprint density at radius 1 is 1.30 bits per heavy atom. The van der Waals surface area contributed by atoms with Gasteiger partial charge in [0, 0.05) is 6.20 Å². The van der Waals surface area contributed by atoms with Crippen LogP contribution in [0.4, 0.5) is 10.3 Å². The van der Waals surface area contributed by atoms with E-state index >= 15 is 0 Å². The Balaban J connectivity index is 1.85. The van der Waals surface area contributed by atoms with E-state index in [-0.39, 0.29) is 11.9 Å². The van der Waals surface area contributed by atoms with Gasteiger partial charge in [-0.3, -0.25) is 0 Å². The van der Waals surface area contributed by atoms with Crippen LogP contribution in [0.1, 0.15) is 18.5 Å². The molecule has 0 bridgehead atoms. The van der Waals surface area contributed by atoms with Crippen LogP contribution in [0, 0.1) is 5.82 Å². The summed E-state index contributed by atoms with van der Waals surface area (Å²) in [7, 11) is 0. The number of halogens is 2. The van der Waals surface area contributed by atoms with Crippen molar-refractivity contribution < 1.29 is 4.39 Å². The van der Waals surface area contributed by atoms with E-state index in [1.54, 1.807) is 28.9 Å². The smallest absolute Gasteiger partial charge is 0.243 e. The van der Waals surface area contributed by atoms with Gasteiger partial charge in [0.25, 0.3) is 0 Å². The average molecular weight is 291 g/mol. The van der Waals surface area contributed by atoms with Gasteiger partial charge >= 0.3 is 0 Å². The first-order chi connectivity index (χ1) is 9.61. The lowest BCUT2D eigenvalue weighted by Crippen LogP contribution is -2.08. The monoisotopic (exact) mass is 290 g/mol. The molecule has 1 N–H and O–H groups in total. The van der Waals surface area contributed by atoms with Crippen LogP contribution in [0.3, 0.4) is 0 Å². The number of anilines is 1. The number of pyridine rings is 1. The molecule has 2 aromatic heterocycles. The van der Waals surface area contributed by atoms with Crippen molar-refractivity contribution in [3.63, 3.8) is 0 Å². The molecule has 0 aliphatic heterocycles. The van der Waals surface area contributed by atoms with Crippen LogP contribution in [0.25, 0.3) is 5.65 Å². The SMILES string of the molecule is CC(Nc1nc2ccc(Cl)cn2n1)c1cccc(F)c1. The number of nitrogens with one attached hydrogen (secondary N) is 1. The highest BCUT2D eigenvalue weighted by atomic mass is 35.5. The molecule has 3 rings (SSSR count). The second-order valence-corrected chi connectivity index (χ2v) is 4.94. The molecule has 1 unspecified atom stereocenters. The first kappa shape index (κ1) is 12.9. The van der Waals surface area contributed by atoms with E-state index in [0.29, 0.717) is 16.6 Å². The zero-order valence-electron chi connectivity index (χ0n) is 10.7. The van der Waals surface area contributed by atoms with Gasteiger partial charge in [-0.15, -0.1) is 5.10 Å². The fourth-order valence-corrected chi connectivity index (χ4v) is 2.13. The van der Waals surface area contributed by atoms with Crippen molar-refractivity contribution in [1.29, 1.82) is 0 Å². The number of rotatable bonds is 3.